The fourth-order valence-electron chi connectivity index (χ4n) is 3.48. The lowest BCUT2D eigenvalue weighted by molar-refractivity contribution is 0.103. The number of unbranched alkanes of at least 4 members (excludes halogenated alkanes) is 2. The molecule has 0 aromatic heterocycles. The van der Waals surface area contributed by atoms with E-state index < -0.39 is 13.6 Å². The van der Waals surface area contributed by atoms with Gasteiger partial charge in [-0.2, -0.15) is 0 Å². The molecule has 198 valence electrons. The molecule has 4 aromatic carbocycles. The number of benzene rings is 4. The number of carbonyl (C=O) groups excluding carboxylic acids is 1. The maximum absolute atomic E-state index is 12.7. The van der Waals surface area contributed by atoms with Gasteiger partial charge in [-0.1, -0.05) is 119 Å². The molecule has 0 heterocycles. The molecule has 8 heteroatoms. The average Bonchev–Trinajstić information content (AvgIpc) is 2.93. The Balaban J connectivity index is 0.000000256. The van der Waals surface area contributed by atoms with Gasteiger partial charge in [0.1, 0.15) is 11.5 Å². The quantitative estimate of drug-likeness (QED) is 0.130. The van der Waals surface area contributed by atoms with E-state index in [1.54, 1.807) is 30.3 Å². The lowest BCUT2D eigenvalue weighted by atomic mass is 10.0. The topological polar surface area (TPSA) is 93.1 Å². The van der Waals surface area contributed by atoms with Gasteiger partial charge in [-0.15, -0.1) is 0 Å². The van der Waals surface area contributed by atoms with E-state index in [-0.39, 0.29) is 11.3 Å². The van der Waals surface area contributed by atoms with Gasteiger partial charge >= 0.3 is 7.82 Å². The predicted octanol–water partition coefficient (Wildman–Crippen LogP) is 6.27. The number of hydrogen-bond donors (Lipinski definition) is 2. The van der Waals surface area contributed by atoms with Crippen LogP contribution in [0.1, 0.15) is 42.1 Å². The van der Waals surface area contributed by atoms with E-state index in [1.165, 1.54) is 28.8 Å². The summed E-state index contributed by atoms with van der Waals surface area (Å²) in [6.07, 6.45) is 2.99. The smallest absolute Gasteiger partial charge is 0.494 e. The van der Waals surface area contributed by atoms with Crippen LogP contribution in [-0.2, 0) is 4.57 Å². The van der Waals surface area contributed by atoms with E-state index in [0.717, 1.165) is 27.8 Å². The van der Waals surface area contributed by atoms with Crippen LogP contribution in [0.3, 0.4) is 0 Å². The summed E-state index contributed by atoms with van der Waals surface area (Å²) in [5.74, 6) is -0.125. The van der Waals surface area contributed by atoms with Crippen molar-refractivity contribution in [3.8, 4) is 11.5 Å². The third-order valence-corrected chi connectivity index (χ3v) is 6.98. The highest BCUT2D eigenvalue weighted by atomic mass is 31.2. The van der Waals surface area contributed by atoms with E-state index in [4.69, 9.17) is 14.5 Å². The molecule has 0 aliphatic rings. The van der Waals surface area contributed by atoms with Crippen LogP contribution in [0.5, 0.6) is 11.5 Å². The second-order valence-corrected chi connectivity index (χ2v) is 10.9. The van der Waals surface area contributed by atoms with Crippen molar-refractivity contribution < 1.29 is 28.4 Å². The number of hydrogen-bond acceptors (Lipinski definition) is 4. The van der Waals surface area contributed by atoms with E-state index in [2.05, 4.69) is 72.1 Å². The standard InChI is InChI=1S/C18H21O6P.C12H11P/c1-2-3-7-12-23-15-10-11-17(24-25(20,21)22)16(13-15)18(19)14-8-5-4-6-9-14;1-3-7-11(8-4-1)13-12-9-5-2-6-10-12/h4-6,8-11,13H,2-3,7,12H2,1H3,(H2,20,21,22);1-10,13H. The highest BCUT2D eigenvalue weighted by Gasteiger charge is 2.23. The fourth-order valence-corrected chi connectivity index (χ4v) is 4.95. The summed E-state index contributed by atoms with van der Waals surface area (Å²) in [4.78, 5) is 30.8. The predicted molar refractivity (Wildman–Crippen MR) is 154 cm³/mol. The molecule has 4 rings (SSSR count). The van der Waals surface area contributed by atoms with Gasteiger partial charge in [0, 0.05) is 5.56 Å². The number of ether oxygens (including phenoxy) is 1. The summed E-state index contributed by atoms with van der Waals surface area (Å²) in [6.45, 7) is 2.59. The van der Waals surface area contributed by atoms with Gasteiger partial charge in [-0.05, 0) is 35.2 Å². The van der Waals surface area contributed by atoms with Crippen molar-refractivity contribution >= 4 is 32.8 Å². The summed E-state index contributed by atoms with van der Waals surface area (Å²) in [5.41, 5.74) is 0.434. The fraction of sp³-hybridized carbons (Fsp3) is 0.167. The SMILES string of the molecule is CCCCCOc1ccc(OP(=O)(O)O)c(C(=O)c2ccccc2)c1.c1ccc(Pc2ccccc2)cc1. The van der Waals surface area contributed by atoms with Crippen LogP contribution < -0.4 is 19.9 Å². The van der Waals surface area contributed by atoms with Crippen molar-refractivity contribution in [2.24, 2.45) is 0 Å². The number of rotatable bonds is 11. The minimum atomic E-state index is -4.78. The van der Waals surface area contributed by atoms with Crippen LogP contribution in [-0.4, -0.2) is 22.2 Å². The first kappa shape index (κ1) is 29.3. The molecular formula is C30H32O6P2. The monoisotopic (exact) mass is 550 g/mol. The van der Waals surface area contributed by atoms with Crippen LogP contribution in [0.4, 0.5) is 0 Å². The normalized spacial score (nSPS) is 10.7. The third-order valence-electron chi connectivity index (χ3n) is 5.30. The first-order chi connectivity index (χ1) is 18.4. The minimum absolute atomic E-state index is 0.0440. The molecule has 6 nitrogen and oxygen atoms in total. The zero-order valence-corrected chi connectivity index (χ0v) is 23.1. The molecule has 4 aromatic rings. The summed E-state index contributed by atoms with van der Waals surface area (Å²) < 4.78 is 21.5. The molecule has 0 saturated heterocycles. The summed E-state index contributed by atoms with van der Waals surface area (Å²) in [7, 11) is -4.01. The van der Waals surface area contributed by atoms with Gasteiger partial charge in [0.05, 0.1) is 12.2 Å². The zero-order valence-electron chi connectivity index (χ0n) is 21.2. The second-order valence-electron chi connectivity index (χ2n) is 8.35. The highest BCUT2D eigenvalue weighted by molar-refractivity contribution is 7.55. The number of carbonyl (C=O) groups is 1. The molecule has 0 radical (unpaired) electrons. The maximum atomic E-state index is 12.7. The van der Waals surface area contributed by atoms with Gasteiger partial charge in [0.25, 0.3) is 0 Å². The second kappa shape index (κ2) is 15.2. The number of phosphoric ester groups is 1. The summed E-state index contributed by atoms with van der Waals surface area (Å²) >= 11 is 0. The molecule has 0 atom stereocenters. The van der Waals surface area contributed by atoms with Crippen molar-refractivity contribution in [2.45, 2.75) is 26.2 Å². The molecule has 0 saturated carbocycles. The first-order valence-corrected chi connectivity index (χ1v) is 14.9. The molecule has 38 heavy (non-hydrogen) atoms. The van der Waals surface area contributed by atoms with Crippen molar-refractivity contribution in [2.75, 3.05) is 6.61 Å². The molecule has 2 N–H and O–H groups in total. The highest BCUT2D eigenvalue weighted by Crippen LogP contribution is 2.40. The zero-order chi connectivity index (χ0) is 27.2. The number of phosphoric acid groups is 1. The van der Waals surface area contributed by atoms with Crippen LogP contribution in [0.15, 0.2) is 109 Å². The Labute approximate surface area is 225 Å². The lowest BCUT2D eigenvalue weighted by Crippen LogP contribution is -2.06. The van der Waals surface area contributed by atoms with Gasteiger partial charge < -0.3 is 9.26 Å². The van der Waals surface area contributed by atoms with Crippen molar-refractivity contribution in [1.29, 1.82) is 0 Å². The van der Waals surface area contributed by atoms with Crippen molar-refractivity contribution in [3.63, 3.8) is 0 Å². The van der Waals surface area contributed by atoms with E-state index in [0.29, 0.717) is 17.9 Å². The molecule has 0 bridgehead atoms. The van der Waals surface area contributed by atoms with Crippen LogP contribution >= 0.6 is 16.4 Å². The Hall–Kier alpha value is -3.27. The Morgan fingerprint density at radius 2 is 1.34 bits per heavy atom. The molecular weight excluding hydrogens is 518 g/mol. The van der Waals surface area contributed by atoms with Crippen molar-refractivity contribution in [1.82, 2.24) is 0 Å². The van der Waals surface area contributed by atoms with Gasteiger partial charge in [-0.25, -0.2) is 4.57 Å². The van der Waals surface area contributed by atoms with Gasteiger partial charge in [0.15, 0.2) is 5.78 Å². The molecule has 0 spiro atoms. The Morgan fingerprint density at radius 1 is 0.789 bits per heavy atom. The maximum Gasteiger partial charge on any atom is 0.524 e. The van der Waals surface area contributed by atoms with Crippen LogP contribution in [0, 0.1) is 0 Å². The van der Waals surface area contributed by atoms with Crippen LogP contribution in [0.2, 0.25) is 0 Å². The average molecular weight is 551 g/mol. The number of ketones is 1. The molecule has 0 unspecified atom stereocenters. The largest absolute Gasteiger partial charge is 0.524 e. The lowest BCUT2D eigenvalue weighted by Gasteiger charge is -2.13. The van der Waals surface area contributed by atoms with E-state index in [9.17, 15) is 9.36 Å². The van der Waals surface area contributed by atoms with Crippen molar-refractivity contribution in [3.05, 3.63) is 120 Å². The van der Waals surface area contributed by atoms with Crippen LogP contribution in [0.25, 0.3) is 0 Å². The molecule has 0 fully saturated rings. The van der Waals surface area contributed by atoms with Gasteiger partial charge in [0.2, 0.25) is 0 Å². The summed E-state index contributed by atoms with van der Waals surface area (Å²) in [6, 6.07) is 33.9. The van der Waals surface area contributed by atoms with E-state index in [1.807, 2.05) is 0 Å². The minimum Gasteiger partial charge on any atom is -0.494 e. The molecule has 0 aliphatic heterocycles. The summed E-state index contributed by atoms with van der Waals surface area (Å²) in [5, 5.41) is 2.79. The Kier molecular flexibility index (Phi) is 11.7. The Morgan fingerprint density at radius 3 is 1.87 bits per heavy atom. The third kappa shape index (κ3) is 10.2. The van der Waals surface area contributed by atoms with E-state index >= 15 is 0 Å². The molecule has 0 amide bonds. The molecule has 0 aliphatic carbocycles. The Bertz CT molecular complexity index is 1270. The van der Waals surface area contributed by atoms with Gasteiger partial charge in [-0.3, -0.25) is 14.6 Å². The first-order valence-electron chi connectivity index (χ1n) is 12.3.